The Morgan fingerprint density at radius 1 is 1.33 bits per heavy atom. The molecule has 0 heterocycles. The van der Waals surface area contributed by atoms with E-state index in [2.05, 4.69) is 13.0 Å². The van der Waals surface area contributed by atoms with Crippen LogP contribution in [0.1, 0.15) is 57.9 Å². The van der Waals surface area contributed by atoms with E-state index in [1.54, 1.807) is 19.1 Å². The van der Waals surface area contributed by atoms with Crippen LogP contribution < -0.4 is 0 Å². The first-order valence-corrected chi connectivity index (χ1v) is 7.85. The van der Waals surface area contributed by atoms with Crippen LogP contribution in [0.5, 0.6) is 0 Å². The van der Waals surface area contributed by atoms with Crippen molar-refractivity contribution in [2.45, 2.75) is 58.0 Å². The molecule has 0 bridgehead atoms. The van der Waals surface area contributed by atoms with Crippen molar-refractivity contribution in [2.24, 2.45) is 11.3 Å². The third-order valence-corrected chi connectivity index (χ3v) is 5.21. The first-order valence-electron chi connectivity index (χ1n) is 7.85. The molecule has 1 aliphatic rings. The fourth-order valence-electron chi connectivity index (χ4n) is 3.63. The van der Waals surface area contributed by atoms with Crippen molar-refractivity contribution in [3.05, 3.63) is 35.6 Å². The lowest BCUT2D eigenvalue weighted by Crippen LogP contribution is -2.45. The van der Waals surface area contributed by atoms with Gasteiger partial charge in [0.25, 0.3) is 0 Å². The van der Waals surface area contributed by atoms with Crippen LogP contribution in [0, 0.1) is 28.5 Å². The molecule has 0 amide bonds. The quantitative estimate of drug-likeness (QED) is 0.884. The zero-order chi connectivity index (χ0) is 15.5. The molecular weight excluding hydrogens is 265 g/mol. The summed E-state index contributed by atoms with van der Waals surface area (Å²) in [6.07, 6.45) is 5.74. The Hall–Kier alpha value is -1.40. The Morgan fingerprint density at radius 3 is 2.38 bits per heavy atom. The molecule has 2 nitrogen and oxygen atoms in total. The highest BCUT2D eigenvalue weighted by atomic mass is 19.1. The second-order valence-electron chi connectivity index (χ2n) is 6.51. The highest BCUT2D eigenvalue weighted by molar-refractivity contribution is 5.29. The number of benzene rings is 1. The zero-order valence-electron chi connectivity index (χ0n) is 12.9. The van der Waals surface area contributed by atoms with Crippen LogP contribution in [-0.2, 0) is 5.60 Å². The Bertz CT molecular complexity index is 507. The van der Waals surface area contributed by atoms with E-state index >= 15 is 0 Å². The number of hydrogen-bond acceptors (Lipinski definition) is 2. The number of nitrogens with zero attached hydrogens (tertiary/aromatic N) is 1. The predicted octanol–water partition coefficient (Wildman–Crippen LogP) is 4.53. The van der Waals surface area contributed by atoms with E-state index in [0.29, 0.717) is 24.3 Å². The number of rotatable bonds is 4. The number of halogens is 1. The lowest BCUT2D eigenvalue weighted by molar-refractivity contribution is -0.0701. The van der Waals surface area contributed by atoms with Crippen LogP contribution in [0.25, 0.3) is 0 Å². The molecule has 21 heavy (non-hydrogen) atoms. The van der Waals surface area contributed by atoms with Gasteiger partial charge in [-0.15, -0.1) is 0 Å². The van der Waals surface area contributed by atoms with Gasteiger partial charge in [-0.25, -0.2) is 4.39 Å². The molecule has 0 aromatic heterocycles. The molecule has 1 aliphatic carbocycles. The molecule has 1 unspecified atom stereocenters. The number of nitriles is 1. The van der Waals surface area contributed by atoms with Gasteiger partial charge in [0.05, 0.1) is 11.5 Å². The van der Waals surface area contributed by atoms with Crippen molar-refractivity contribution in [1.29, 1.82) is 5.26 Å². The SMILES string of the molecule is CCCC1CCC(C#N)(C(C)(O)c2ccc(F)cc2)CC1. The average molecular weight is 289 g/mol. The summed E-state index contributed by atoms with van der Waals surface area (Å²) in [5, 5.41) is 20.7. The molecule has 114 valence electrons. The van der Waals surface area contributed by atoms with Crippen LogP contribution in [-0.4, -0.2) is 5.11 Å². The molecule has 3 heteroatoms. The largest absolute Gasteiger partial charge is 0.384 e. The maximum atomic E-state index is 13.1. The summed E-state index contributed by atoms with van der Waals surface area (Å²) in [7, 11) is 0. The van der Waals surface area contributed by atoms with Crippen molar-refractivity contribution < 1.29 is 9.50 Å². The summed E-state index contributed by atoms with van der Waals surface area (Å²) in [4.78, 5) is 0. The van der Waals surface area contributed by atoms with E-state index in [4.69, 9.17) is 0 Å². The minimum atomic E-state index is -1.24. The Morgan fingerprint density at radius 2 is 1.90 bits per heavy atom. The highest BCUT2D eigenvalue weighted by Gasteiger charge is 2.50. The van der Waals surface area contributed by atoms with Crippen molar-refractivity contribution in [3.63, 3.8) is 0 Å². The molecule has 0 radical (unpaired) electrons. The van der Waals surface area contributed by atoms with Gasteiger partial charge in [0.2, 0.25) is 0 Å². The maximum absolute atomic E-state index is 13.1. The van der Waals surface area contributed by atoms with Gasteiger partial charge in [0, 0.05) is 0 Å². The van der Waals surface area contributed by atoms with Crippen molar-refractivity contribution in [2.75, 3.05) is 0 Å². The molecule has 0 aliphatic heterocycles. The average Bonchev–Trinajstić information content (AvgIpc) is 2.49. The van der Waals surface area contributed by atoms with Gasteiger partial charge >= 0.3 is 0 Å². The van der Waals surface area contributed by atoms with E-state index in [0.717, 1.165) is 12.8 Å². The monoisotopic (exact) mass is 289 g/mol. The van der Waals surface area contributed by atoms with Gasteiger partial charge in [0.1, 0.15) is 11.4 Å². The molecule has 1 aromatic carbocycles. The molecular formula is C18H24FNO. The molecule has 1 saturated carbocycles. The first-order chi connectivity index (χ1) is 9.95. The number of aliphatic hydroxyl groups is 1. The third kappa shape index (κ3) is 2.96. The van der Waals surface area contributed by atoms with Crippen LogP contribution >= 0.6 is 0 Å². The second-order valence-corrected chi connectivity index (χ2v) is 6.51. The third-order valence-electron chi connectivity index (χ3n) is 5.21. The van der Waals surface area contributed by atoms with E-state index in [-0.39, 0.29) is 5.82 Å². The normalized spacial score (nSPS) is 28.6. The standard InChI is InChI=1S/C18H24FNO/c1-3-4-14-9-11-18(13-20,12-10-14)17(2,21)15-5-7-16(19)8-6-15/h5-8,14,21H,3-4,9-12H2,1-2H3. The van der Waals surface area contributed by atoms with Gasteiger partial charge in [-0.1, -0.05) is 31.9 Å². The minimum absolute atomic E-state index is 0.327. The van der Waals surface area contributed by atoms with E-state index in [1.165, 1.54) is 25.0 Å². The van der Waals surface area contributed by atoms with Gasteiger partial charge < -0.3 is 5.11 Å². The van der Waals surface area contributed by atoms with Gasteiger partial charge in [0.15, 0.2) is 0 Å². The Labute approximate surface area is 126 Å². The smallest absolute Gasteiger partial charge is 0.123 e. The van der Waals surface area contributed by atoms with Crippen molar-refractivity contribution >= 4 is 0 Å². The molecule has 1 atom stereocenters. The molecule has 1 aromatic rings. The molecule has 1 N–H and O–H groups in total. The highest BCUT2D eigenvalue weighted by Crippen LogP contribution is 2.51. The summed E-state index contributed by atoms with van der Waals surface area (Å²) in [5.74, 6) is 0.340. The van der Waals surface area contributed by atoms with Crippen LogP contribution in [0.2, 0.25) is 0 Å². The second kappa shape index (κ2) is 6.15. The van der Waals surface area contributed by atoms with E-state index < -0.39 is 11.0 Å². The summed E-state index contributed by atoms with van der Waals surface area (Å²) in [6, 6.07) is 8.26. The van der Waals surface area contributed by atoms with Crippen molar-refractivity contribution in [3.8, 4) is 6.07 Å². The summed E-state index contributed by atoms with van der Waals surface area (Å²) in [6.45, 7) is 3.88. The lowest BCUT2D eigenvalue weighted by atomic mass is 9.60. The minimum Gasteiger partial charge on any atom is -0.384 e. The van der Waals surface area contributed by atoms with Crippen LogP contribution in [0.4, 0.5) is 4.39 Å². The lowest BCUT2D eigenvalue weighted by Gasteiger charge is -2.45. The Kier molecular flexibility index (Phi) is 4.68. The maximum Gasteiger partial charge on any atom is 0.123 e. The van der Waals surface area contributed by atoms with E-state index in [1.807, 2.05) is 0 Å². The topological polar surface area (TPSA) is 44.0 Å². The predicted molar refractivity (Wildman–Crippen MR) is 80.9 cm³/mol. The van der Waals surface area contributed by atoms with Gasteiger partial charge in [-0.05, 0) is 56.2 Å². The molecule has 0 saturated heterocycles. The van der Waals surface area contributed by atoms with Gasteiger partial charge in [-0.2, -0.15) is 5.26 Å². The van der Waals surface area contributed by atoms with Crippen molar-refractivity contribution in [1.82, 2.24) is 0 Å². The summed E-state index contributed by atoms with van der Waals surface area (Å²) in [5.41, 5.74) is -1.39. The van der Waals surface area contributed by atoms with Crippen LogP contribution in [0.3, 0.4) is 0 Å². The molecule has 1 fully saturated rings. The first kappa shape index (κ1) is 16.0. The Balaban J connectivity index is 2.24. The van der Waals surface area contributed by atoms with E-state index in [9.17, 15) is 14.8 Å². The van der Waals surface area contributed by atoms with Crippen LogP contribution in [0.15, 0.2) is 24.3 Å². The molecule has 0 spiro atoms. The number of hydrogen-bond donors (Lipinski definition) is 1. The summed E-state index contributed by atoms with van der Waals surface area (Å²) < 4.78 is 13.1. The fraction of sp³-hybridized carbons (Fsp3) is 0.611. The summed E-state index contributed by atoms with van der Waals surface area (Å²) >= 11 is 0. The zero-order valence-corrected chi connectivity index (χ0v) is 12.9. The van der Waals surface area contributed by atoms with Gasteiger partial charge in [-0.3, -0.25) is 0 Å². The molecule has 2 rings (SSSR count). The fourth-order valence-corrected chi connectivity index (χ4v) is 3.63.